The highest BCUT2D eigenvalue weighted by molar-refractivity contribution is 5.81. The summed E-state index contributed by atoms with van der Waals surface area (Å²) < 4.78 is 66.6. The molecule has 1 aromatic heterocycles. The molecule has 1 heterocycles. The molecule has 3 aromatic rings. The number of hydrogen-bond donors (Lipinski definition) is 1. The highest BCUT2D eigenvalue weighted by Gasteiger charge is 2.24. The van der Waals surface area contributed by atoms with Crippen LogP contribution in [0.25, 0.3) is 11.3 Å². The van der Waals surface area contributed by atoms with Gasteiger partial charge in [0, 0.05) is 11.6 Å². The van der Waals surface area contributed by atoms with Crippen molar-refractivity contribution in [1.29, 1.82) is 0 Å². The maximum absolute atomic E-state index is 13.6. The van der Waals surface area contributed by atoms with E-state index in [1.54, 1.807) is 6.92 Å². The van der Waals surface area contributed by atoms with Gasteiger partial charge in [-0.2, -0.15) is 5.10 Å². The fraction of sp³-hybridized carbons (Fsp3) is 0.0556. The SMILES string of the molecule is Cc1nc(N/N=C/c2c(F)c(F)c(F)c(F)c2F)cc(-c2ccccc2)n1. The van der Waals surface area contributed by atoms with Crippen LogP contribution in [0, 0.1) is 36.0 Å². The highest BCUT2D eigenvalue weighted by Crippen LogP contribution is 2.22. The number of hydrogen-bond acceptors (Lipinski definition) is 4. The molecule has 2 aromatic carbocycles. The van der Waals surface area contributed by atoms with Crippen LogP contribution < -0.4 is 5.43 Å². The Kier molecular flexibility index (Phi) is 5.11. The van der Waals surface area contributed by atoms with E-state index in [1.165, 1.54) is 6.07 Å². The first-order valence-electron chi connectivity index (χ1n) is 7.60. The van der Waals surface area contributed by atoms with Crippen LogP contribution in [0.15, 0.2) is 41.5 Å². The molecular weight excluding hydrogens is 367 g/mol. The number of benzene rings is 2. The molecule has 0 aliphatic heterocycles. The second-order valence-corrected chi connectivity index (χ2v) is 5.41. The number of aryl methyl sites for hydroxylation is 1. The Morgan fingerprint density at radius 1 is 0.852 bits per heavy atom. The van der Waals surface area contributed by atoms with E-state index < -0.39 is 34.6 Å². The van der Waals surface area contributed by atoms with E-state index in [0.29, 0.717) is 17.7 Å². The summed E-state index contributed by atoms with van der Waals surface area (Å²) in [6, 6.07) is 10.7. The van der Waals surface area contributed by atoms with Crippen molar-refractivity contribution < 1.29 is 22.0 Å². The molecule has 0 unspecified atom stereocenters. The Labute approximate surface area is 150 Å². The van der Waals surface area contributed by atoms with Gasteiger partial charge in [0.05, 0.1) is 17.5 Å². The number of rotatable bonds is 4. The molecule has 0 amide bonds. The molecule has 0 spiro atoms. The van der Waals surface area contributed by atoms with Crippen LogP contribution >= 0.6 is 0 Å². The minimum Gasteiger partial charge on any atom is -0.261 e. The molecule has 0 aliphatic carbocycles. The normalized spacial score (nSPS) is 11.2. The van der Waals surface area contributed by atoms with Crippen molar-refractivity contribution in [2.45, 2.75) is 6.92 Å². The van der Waals surface area contributed by atoms with Gasteiger partial charge in [-0.3, -0.25) is 5.43 Å². The van der Waals surface area contributed by atoms with Gasteiger partial charge in [-0.25, -0.2) is 31.9 Å². The van der Waals surface area contributed by atoms with Gasteiger partial charge in [0.15, 0.2) is 23.3 Å². The van der Waals surface area contributed by atoms with Crippen molar-refractivity contribution >= 4 is 12.0 Å². The van der Waals surface area contributed by atoms with E-state index in [-0.39, 0.29) is 5.82 Å². The van der Waals surface area contributed by atoms with Crippen molar-refractivity contribution in [2.75, 3.05) is 5.43 Å². The Morgan fingerprint density at radius 3 is 2.07 bits per heavy atom. The zero-order chi connectivity index (χ0) is 19.6. The van der Waals surface area contributed by atoms with Gasteiger partial charge in [-0.1, -0.05) is 30.3 Å². The van der Waals surface area contributed by atoms with Crippen LogP contribution in [-0.4, -0.2) is 16.2 Å². The van der Waals surface area contributed by atoms with Crippen molar-refractivity contribution in [3.05, 3.63) is 76.9 Å². The number of nitrogens with one attached hydrogen (secondary N) is 1. The average Bonchev–Trinajstić information content (AvgIpc) is 2.68. The molecule has 0 atom stereocenters. The smallest absolute Gasteiger partial charge is 0.200 e. The predicted octanol–water partition coefficient (Wildman–Crippen LogP) is 4.59. The van der Waals surface area contributed by atoms with Crippen molar-refractivity contribution in [3.8, 4) is 11.3 Å². The van der Waals surface area contributed by atoms with Gasteiger partial charge in [-0.05, 0) is 6.92 Å². The third-order valence-electron chi connectivity index (χ3n) is 3.52. The Hall–Kier alpha value is -3.36. The predicted molar refractivity (Wildman–Crippen MR) is 89.7 cm³/mol. The summed E-state index contributed by atoms with van der Waals surface area (Å²) >= 11 is 0. The first-order valence-corrected chi connectivity index (χ1v) is 7.60. The maximum Gasteiger partial charge on any atom is 0.200 e. The number of halogens is 5. The molecule has 9 heteroatoms. The van der Waals surface area contributed by atoms with Crippen molar-refractivity contribution in [2.24, 2.45) is 5.10 Å². The van der Waals surface area contributed by atoms with Crippen molar-refractivity contribution in [3.63, 3.8) is 0 Å². The first-order chi connectivity index (χ1) is 12.9. The number of nitrogens with zero attached hydrogens (tertiary/aromatic N) is 3. The molecule has 4 nitrogen and oxygen atoms in total. The number of aromatic nitrogens is 2. The van der Waals surface area contributed by atoms with E-state index in [0.717, 1.165) is 5.56 Å². The lowest BCUT2D eigenvalue weighted by Crippen LogP contribution is -2.07. The van der Waals surface area contributed by atoms with Gasteiger partial charge in [0.1, 0.15) is 11.6 Å². The summed E-state index contributed by atoms with van der Waals surface area (Å²) in [6.07, 6.45) is 0.496. The van der Waals surface area contributed by atoms with Gasteiger partial charge < -0.3 is 0 Å². The van der Waals surface area contributed by atoms with E-state index in [1.807, 2.05) is 30.3 Å². The van der Waals surface area contributed by atoms with Crippen LogP contribution in [0.2, 0.25) is 0 Å². The minimum absolute atomic E-state index is 0.182. The third-order valence-corrected chi connectivity index (χ3v) is 3.52. The Morgan fingerprint density at radius 2 is 1.44 bits per heavy atom. The summed E-state index contributed by atoms with van der Waals surface area (Å²) in [6.45, 7) is 1.63. The van der Waals surface area contributed by atoms with E-state index in [2.05, 4.69) is 20.5 Å². The molecule has 0 fully saturated rings. The minimum atomic E-state index is -2.23. The molecular formula is C18H11F5N4. The summed E-state index contributed by atoms with van der Waals surface area (Å²) in [5, 5.41) is 3.52. The Balaban J connectivity index is 1.89. The summed E-state index contributed by atoms with van der Waals surface area (Å²) in [7, 11) is 0. The molecule has 27 heavy (non-hydrogen) atoms. The topological polar surface area (TPSA) is 50.2 Å². The lowest BCUT2D eigenvalue weighted by Gasteiger charge is -2.06. The quantitative estimate of drug-likeness (QED) is 0.237. The molecule has 0 radical (unpaired) electrons. The Bertz CT molecular complexity index is 993. The molecule has 1 N–H and O–H groups in total. The van der Waals surface area contributed by atoms with Crippen LogP contribution in [0.5, 0.6) is 0 Å². The van der Waals surface area contributed by atoms with Crippen LogP contribution in [0.1, 0.15) is 11.4 Å². The first kappa shape index (κ1) is 18.4. The van der Waals surface area contributed by atoms with Gasteiger partial charge in [0.25, 0.3) is 0 Å². The highest BCUT2D eigenvalue weighted by atomic mass is 19.2. The molecule has 0 saturated heterocycles. The largest absolute Gasteiger partial charge is 0.261 e. The second kappa shape index (κ2) is 7.48. The zero-order valence-electron chi connectivity index (χ0n) is 13.8. The van der Waals surface area contributed by atoms with Gasteiger partial charge >= 0.3 is 0 Å². The van der Waals surface area contributed by atoms with Gasteiger partial charge in [-0.15, -0.1) is 0 Å². The van der Waals surface area contributed by atoms with E-state index >= 15 is 0 Å². The average molecular weight is 378 g/mol. The number of hydrazone groups is 1. The van der Waals surface area contributed by atoms with Gasteiger partial charge in [0.2, 0.25) is 5.82 Å². The van der Waals surface area contributed by atoms with Crippen LogP contribution in [0.3, 0.4) is 0 Å². The molecule has 3 rings (SSSR count). The number of anilines is 1. The van der Waals surface area contributed by atoms with Crippen LogP contribution in [-0.2, 0) is 0 Å². The fourth-order valence-corrected chi connectivity index (χ4v) is 2.28. The molecule has 0 aliphatic rings. The van der Waals surface area contributed by atoms with E-state index in [9.17, 15) is 22.0 Å². The zero-order valence-corrected chi connectivity index (χ0v) is 13.8. The molecule has 138 valence electrons. The van der Waals surface area contributed by atoms with Crippen LogP contribution in [0.4, 0.5) is 27.8 Å². The van der Waals surface area contributed by atoms with Crippen molar-refractivity contribution in [1.82, 2.24) is 9.97 Å². The molecule has 0 saturated carbocycles. The fourth-order valence-electron chi connectivity index (χ4n) is 2.28. The summed E-state index contributed by atoms with van der Waals surface area (Å²) in [4.78, 5) is 8.32. The lowest BCUT2D eigenvalue weighted by atomic mass is 10.1. The monoisotopic (exact) mass is 378 g/mol. The lowest BCUT2D eigenvalue weighted by molar-refractivity contribution is 0.377. The second-order valence-electron chi connectivity index (χ2n) is 5.41. The third kappa shape index (κ3) is 3.76. The molecule has 0 bridgehead atoms. The summed E-state index contributed by atoms with van der Waals surface area (Å²) in [5.74, 6) is -9.68. The van der Waals surface area contributed by atoms with E-state index in [4.69, 9.17) is 0 Å². The maximum atomic E-state index is 13.6. The standard InChI is InChI=1S/C18H11F5N4/c1-9-25-12(10-5-3-2-4-6-10)7-13(26-9)27-24-8-11-14(19)16(21)18(23)17(22)15(11)20/h2-8H,1H3,(H,25,26,27)/b24-8+. The summed E-state index contributed by atoms with van der Waals surface area (Å²) in [5.41, 5.74) is 2.61.